The molecule has 8 heteroatoms. The quantitative estimate of drug-likeness (QED) is 0.452. The number of hydrogen-bond donors (Lipinski definition) is 0. The Kier molecular flexibility index (Phi) is 6.83. The Morgan fingerprint density at radius 3 is 2.53 bits per heavy atom. The predicted octanol–water partition coefficient (Wildman–Crippen LogP) is 6.13. The lowest BCUT2D eigenvalue weighted by molar-refractivity contribution is -0.121. The molecule has 1 atom stereocenters. The first-order chi connectivity index (χ1) is 17.1. The maximum Gasteiger partial charge on any atom is 0.266 e. The SMILES string of the molecule is C[C@H]1CC(C)(C)N(C)c2cc(Cl)c(/C=C3\SC(=Nc4ccc(N5CCOCC5)cc4)N(C)C3=O)cc21. The highest BCUT2D eigenvalue weighted by molar-refractivity contribution is 8.18. The van der Waals surface area contributed by atoms with Gasteiger partial charge in [0.1, 0.15) is 0 Å². The molecule has 2 aromatic carbocycles. The van der Waals surface area contributed by atoms with Crippen LogP contribution in [0.2, 0.25) is 5.02 Å². The summed E-state index contributed by atoms with van der Waals surface area (Å²) in [5, 5.41) is 1.31. The first-order valence-corrected chi connectivity index (χ1v) is 13.6. The zero-order chi connectivity index (χ0) is 25.6. The molecule has 5 rings (SSSR count). The standard InChI is InChI=1S/C28H33ClN4O2S/c1-18-17-28(2,3)32(5)24-16-23(29)19(14-22(18)24)15-25-26(34)31(4)27(36-25)30-20-6-8-21(9-7-20)33-10-12-35-13-11-33/h6-9,14-16,18H,10-13,17H2,1-5H3/b25-15-,30-27?/t18-/m0/s1. The lowest BCUT2D eigenvalue weighted by atomic mass is 9.80. The second-order valence-electron chi connectivity index (χ2n) is 10.4. The number of amides is 1. The Labute approximate surface area is 222 Å². The molecular weight excluding hydrogens is 492 g/mol. The summed E-state index contributed by atoms with van der Waals surface area (Å²) in [7, 11) is 3.89. The zero-order valence-corrected chi connectivity index (χ0v) is 23.1. The lowest BCUT2D eigenvalue weighted by Gasteiger charge is -2.45. The van der Waals surface area contributed by atoms with Gasteiger partial charge in [-0.25, -0.2) is 4.99 Å². The Morgan fingerprint density at radius 2 is 1.83 bits per heavy atom. The smallest absolute Gasteiger partial charge is 0.266 e. The van der Waals surface area contributed by atoms with E-state index in [0.717, 1.165) is 55.3 Å². The van der Waals surface area contributed by atoms with Crippen molar-refractivity contribution in [1.82, 2.24) is 4.90 Å². The van der Waals surface area contributed by atoms with Crippen molar-refractivity contribution in [2.45, 2.75) is 38.6 Å². The first-order valence-electron chi connectivity index (χ1n) is 12.4. The highest BCUT2D eigenvalue weighted by atomic mass is 35.5. The number of rotatable bonds is 3. The maximum absolute atomic E-state index is 13.1. The summed E-state index contributed by atoms with van der Waals surface area (Å²) >= 11 is 8.11. The number of nitrogens with zero attached hydrogens (tertiary/aromatic N) is 4. The van der Waals surface area contributed by atoms with Crippen molar-refractivity contribution in [1.29, 1.82) is 0 Å². The number of aliphatic imine (C=N–C) groups is 1. The summed E-state index contributed by atoms with van der Waals surface area (Å²) < 4.78 is 5.44. The molecule has 0 saturated carbocycles. The summed E-state index contributed by atoms with van der Waals surface area (Å²) in [6.07, 6.45) is 2.97. The molecule has 3 aliphatic rings. The Hall–Kier alpha value is -2.48. The summed E-state index contributed by atoms with van der Waals surface area (Å²) in [6.45, 7) is 10.1. The molecule has 2 fully saturated rings. The Bertz CT molecular complexity index is 1230. The van der Waals surface area contributed by atoms with Gasteiger partial charge >= 0.3 is 0 Å². The molecule has 0 aromatic heterocycles. The van der Waals surface area contributed by atoms with Gasteiger partial charge in [-0.05, 0) is 91.5 Å². The fourth-order valence-electron chi connectivity index (χ4n) is 5.18. The summed E-state index contributed by atoms with van der Waals surface area (Å²) in [6, 6.07) is 12.3. The fraction of sp³-hybridized carbons (Fsp3) is 0.429. The molecule has 190 valence electrons. The molecule has 36 heavy (non-hydrogen) atoms. The van der Waals surface area contributed by atoms with E-state index >= 15 is 0 Å². The van der Waals surface area contributed by atoms with Crippen LogP contribution in [0, 0.1) is 0 Å². The summed E-state index contributed by atoms with van der Waals surface area (Å²) in [4.78, 5) is 24.7. The van der Waals surface area contributed by atoms with Crippen molar-refractivity contribution in [3.05, 3.63) is 57.5 Å². The van der Waals surface area contributed by atoms with E-state index in [1.807, 2.05) is 24.3 Å². The third-order valence-corrected chi connectivity index (χ3v) is 8.88. The maximum atomic E-state index is 13.1. The minimum absolute atomic E-state index is 0.0659. The van der Waals surface area contributed by atoms with Crippen LogP contribution in [0.25, 0.3) is 6.08 Å². The van der Waals surface area contributed by atoms with Gasteiger partial charge in [0.05, 0.1) is 23.8 Å². The summed E-state index contributed by atoms with van der Waals surface area (Å²) in [5.41, 5.74) is 5.36. The molecule has 1 amide bonds. The van der Waals surface area contributed by atoms with Crippen LogP contribution in [-0.2, 0) is 9.53 Å². The second-order valence-corrected chi connectivity index (χ2v) is 11.8. The van der Waals surface area contributed by atoms with E-state index < -0.39 is 0 Å². The number of likely N-dealkylation sites (N-methyl/N-ethyl adjacent to an activating group) is 1. The molecule has 0 aliphatic carbocycles. The average Bonchev–Trinajstić information content (AvgIpc) is 3.12. The fourth-order valence-corrected chi connectivity index (χ4v) is 6.37. The number of benzene rings is 2. The van der Waals surface area contributed by atoms with Gasteiger partial charge in [0.2, 0.25) is 0 Å². The number of thioether (sulfide) groups is 1. The van der Waals surface area contributed by atoms with Gasteiger partial charge in [-0.3, -0.25) is 9.69 Å². The number of hydrogen-bond acceptors (Lipinski definition) is 6. The van der Waals surface area contributed by atoms with Crippen molar-refractivity contribution < 1.29 is 9.53 Å². The van der Waals surface area contributed by atoms with Gasteiger partial charge in [-0.1, -0.05) is 18.5 Å². The van der Waals surface area contributed by atoms with E-state index in [9.17, 15) is 4.79 Å². The predicted molar refractivity (Wildman–Crippen MR) is 152 cm³/mol. The minimum Gasteiger partial charge on any atom is -0.378 e. The van der Waals surface area contributed by atoms with E-state index in [-0.39, 0.29) is 11.4 Å². The Morgan fingerprint density at radius 1 is 1.14 bits per heavy atom. The van der Waals surface area contributed by atoms with Gasteiger partial charge in [-0.2, -0.15) is 0 Å². The summed E-state index contributed by atoms with van der Waals surface area (Å²) in [5.74, 6) is 0.344. The van der Waals surface area contributed by atoms with Crippen LogP contribution in [-0.4, -0.2) is 61.9 Å². The van der Waals surface area contributed by atoms with Gasteiger partial charge in [0.15, 0.2) is 5.17 Å². The van der Waals surface area contributed by atoms with Gasteiger partial charge in [-0.15, -0.1) is 0 Å². The molecule has 2 aromatic rings. The molecule has 3 heterocycles. The van der Waals surface area contributed by atoms with Crippen LogP contribution >= 0.6 is 23.4 Å². The van der Waals surface area contributed by atoms with Gasteiger partial charge in [0.25, 0.3) is 5.91 Å². The number of amidine groups is 1. The second kappa shape index (κ2) is 9.77. The molecule has 2 saturated heterocycles. The lowest BCUT2D eigenvalue weighted by Crippen LogP contribution is -2.45. The molecule has 6 nitrogen and oxygen atoms in total. The van der Waals surface area contributed by atoms with Crippen molar-refractivity contribution in [3.63, 3.8) is 0 Å². The van der Waals surface area contributed by atoms with Crippen LogP contribution in [0.1, 0.15) is 44.2 Å². The molecule has 3 aliphatic heterocycles. The number of fused-ring (bicyclic) bond motifs is 1. The Balaban J connectivity index is 1.39. The van der Waals surface area contributed by atoms with Gasteiger partial charge in [0, 0.05) is 49.1 Å². The topological polar surface area (TPSA) is 48.4 Å². The molecular formula is C28H33ClN4O2S. The molecule has 0 N–H and O–H groups in total. The minimum atomic E-state index is -0.0659. The van der Waals surface area contributed by atoms with Crippen LogP contribution in [0.15, 0.2) is 46.3 Å². The normalized spacial score (nSPS) is 24.1. The monoisotopic (exact) mass is 524 g/mol. The third-order valence-electron chi connectivity index (χ3n) is 7.49. The van der Waals surface area contributed by atoms with Crippen molar-refractivity contribution >= 4 is 57.6 Å². The van der Waals surface area contributed by atoms with Crippen molar-refractivity contribution in [3.8, 4) is 0 Å². The van der Waals surface area contributed by atoms with Crippen LogP contribution < -0.4 is 9.80 Å². The van der Waals surface area contributed by atoms with E-state index in [1.165, 1.54) is 17.3 Å². The molecule has 0 spiro atoms. The van der Waals surface area contributed by atoms with Crippen LogP contribution in [0.5, 0.6) is 0 Å². The first kappa shape index (κ1) is 25.2. The van der Waals surface area contributed by atoms with E-state index in [4.69, 9.17) is 21.3 Å². The molecule has 0 unspecified atom stereocenters. The van der Waals surface area contributed by atoms with E-state index in [2.05, 4.69) is 55.8 Å². The third kappa shape index (κ3) is 4.76. The van der Waals surface area contributed by atoms with E-state index in [0.29, 0.717) is 21.0 Å². The molecule has 0 bridgehead atoms. The highest BCUT2D eigenvalue weighted by Crippen LogP contribution is 2.45. The van der Waals surface area contributed by atoms with Crippen molar-refractivity contribution in [2.24, 2.45) is 4.99 Å². The molecule has 0 radical (unpaired) electrons. The average molecular weight is 525 g/mol. The number of halogens is 1. The van der Waals surface area contributed by atoms with Crippen LogP contribution in [0.3, 0.4) is 0 Å². The largest absolute Gasteiger partial charge is 0.378 e. The number of ether oxygens (including phenoxy) is 1. The number of carbonyl (C=O) groups is 1. The number of morpholine rings is 1. The van der Waals surface area contributed by atoms with Crippen LogP contribution in [0.4, 0.5) is 17.1 Å². The zero-order valence-electron chi connectivity index (χ0n) is 21.5. The number of carbonyl (C=O) groups excluding carboxylic acids is 1. The van der Waals surface area contributed by atoms with E-state index in [1.54, 1.807) is 11.9 Å². The highest BCUT2D eigenvalue weighted by Gasteiger charge is 2.35. The van der Waals surface area contributed by atoms with Crippen molar-refractivity contribution in [2.75, 3.05) is 50.2 Å². The van der Waals surface area contributed by atoms with Gasteiger partial charge < -0.3 is 14.5 Å². The number of anilines is 2.